The Morgan fingerprint density at radius 1 is 1.47 bits per heavy atom. The Bertz CT molecular complexity index is 347. The average Bonchev–Trinajstić information content (AvgIpc) is 2.28. The minimum absolute atomic E-state index is 0.0447. The summed E-state index contributed by atoms with van der Waals surface area (Å²) < 4.78 is 0. The third kappa shape index (κ3) is 1.78. The molecule has 0 amide bonds. The Morgan fingerprint density at radius 2 is 2.18 bits per heavy atom. The molecule has 0 aromatic rings. The van der Waals surface area contributed by atoms with Crippen molar-refractivity contribution < 1.29 is 10.1 Å². The maximum Gasteiger partial charge on any atom is 0.130 e. The van der Waals surface area contributed by atoms with Crippen LogP contribution in [0.2, 0.25) is 0 Å². The van der Waals surface area contributed by atoms with Crippen LogP contribution in [0, 0.1) is 11.3 Å². The van der Waals surface area contributed by atoms with Crippen LogP contribution in [0.5, 0.6) is 0 Å². The quantitative estimate of drug-likeness (QED) is 0.439. The third-order valence-corrected chi connectivity index (χ3v) is 5.18. The van der Waals surface area contributed by atoms with E-state index < -0.39 is 5.60 Å². The van der Waals surface area contributed by atoms with Crippen molar-refractivity contribution in [1.82, 2.24) is 0 Å². The van der Waals surface area contributed by atoms with Gasteiger partial charge in [-0.05, 0) is 56.9 Å². The standard InChI is InChI=1S/C15H24O2/c1-11(2)13-7-9-14(4)8-5-6-12(3)15(14,10-13)17-16/h13,16H,1,3,5-10H2,2,4H3. The third-order valence-electron chi connectivity index (χ3n) is 5.18. The zero-order valence-corrected chi connectivity index (χ0v) is 11.1. The van der Waals surface area contributed by atoms with Gasteiger partial charge in [0, 0.05) is 5.41 Å². The molecule has 3 atom stereocenters. The van der Waals surface area contributed by atoms with Crippen molar-refractivity contribution in [3.8, 4) is 0 Å². The second-order valence-electron chi connectivity index (χ2n) is 6.22. The summed E-state index contributed by atoms with van der Waals surface area (Å²) in [5, 5.41) is 9.52. The SMILES string of the molecule is C=C(C)C1CCC2(C)CCCC(=C)C2(OO)C1. The highest BCUT2D eigenvalue weighted by Crippen LogP contribution is 2.58. The highest BCUT2D eigenvalue weighted by atomic mass is 17.1. The molecule has 2 rings (SSSR count). The second kappa shape index (κ2) is 4.25. The normalized spacial score (nSPS) is 42.1. The van der Waals surface area contributed by atoms with Crippen LogP contribution in [0.1, 0.15) is 52.4 Å². The molecular formula is C15H24O2. The van der Waals surface area contributed by atoms with Gasteiger partial charge >= 0.3 is 0 Å². The molecule has 0 aromatic carbocycles. The monoisotopic (exact) mass is 236 g/mol. The molecule has 2 heteroatoms. The lowest BCUT2D eigenvalue weighted by atomic mass is 9.53. The van der Waals surface area contributed by atoms with Crippen molar-refractivity contribution in [3.05, 3.63) is 24.3 Å². The van der Waals surface area contributed by atoms with Gasteiger partial charge in [0.1, 0.15) is 5.60 Å². The number of hydrogen-bond acceptors (Lipinski definition) is 2. The number of rotatable bonds is 2. The Morgan fingerprint density at radius 3 is 2.76 bits per heavy atom. The van der Waals surface area contributed by atoms with E-state index in [9.17, 15) is 5.26 Å². The lowest BCUT2D eigenvalue weighted by Crippen LogP contribution is -2.55. The summed E-state index contributed by atoms with van der Waals surface area (Å²) in [5.74, 6) is 0.449. The predicted octanol–water partition coefficient (Wildman–Crippen LogP) is 4.34. The Kier molecular flexibility index (Phi) is 3.21. The summed E-state index contributed by atoms with van der Waals surface area (Å²) in [6.45, 7) is 12.5. The van der Waals surface area contributed by atoms with Crippen LogP contribution in [0.3, 0.4) is 0 Å². The van der Waals surface area contributed by atoms with E-state index in [0.29, 0.717) is 5.92 Å². The molecule has 2 aliphatic rings. The van der Waals surface area contributed by atoms with Crippen molar-refractivity contribution in [2.75, 3.05) is 0 Å². The molecule has 0 aliphatic heterocycles. The van der Waals surface area contributed by atoms with Crippen LogP contribution in [0.15, 0.2) is 24.3 Å². The first kappa shape index (κ1) is 12.8. The van der Waals surface area contributed by atoms with Gasteiger partial charge < -0.3 is 0 Å². The fraction of sp³-hybridized carbons (Fsp3) is 0.733. The average molecular weight is 236 g/mol. The van der Waals surface area contributed by atoms with Gasteiger partial charge in [-0.2, -0.15) is 0 Å². The van der Waals surface area contributed by atoms with Crippen molar-refractivity contribution in [2.45, 2.75) is 58.0 Å². The van der Waals surface area contributed by atoms with E-state index in [1.54, 1.807) is 0 Å². The van der Waals surface area contributed by atoms with Gasteiger partial charge in [0.15, 0.2) is 0 Å². The van der Waals surface area contributed by atoms with E-state index in [1.807, 2.05) is 0 Å². The molecule has 0 heterocycles. The maximum atomic E-state index is 9.52. The first-order chi connectivity index (χ1) is 7.95. The van der Waals surface area contributed by atoms with E-state index >= 15 is 0 Å². The Labute approximate surface area is 104 Å². The molecule has 2 saturated carbocycles. The predicted molar refractivity (Wildman–Crippen MR) is 69.7 cm³/mol. The summed E-state index contributed by atoms with van der Waals surface area (Å²) >= 11 is 0. The van der Waals surface area contributed by atoms with Gasteiger partial charge in [-0.3, -0.25) is 5.26 Å². The fourth-order valence-electron chi connectivity index (χ4n) is 3.81. The molecule has 17 heavy (non-hydrogen) atoms. The van der Waals surface area contributed by atoms with E-state index in [2.05, 4.69) is 27.0 Å². The summed E-state index contributed by atoms with van der Waals surface area (Å²) in [6.07, 6.45) is 6.34. The van der Waals surface area contributed by atoms with Crippen molar-refractivity contribution >= 4 is 0 Å². The second-order valence-corrected chi connectivity index (χ2v) is 6.22. The van der Waals surface area contributed by atoms with Crippen LogP contribution in [0.4, 0.5) is 0 Å². The summed E-state index contributed by atoms with van der Waals surface area (Å²) in [4.78, 5) is 5.04. The molecule has 2 nitrogen and oxygen atoms in total. The summed E-state index contributed by atoms with van der Waals surface area (Å²) in [5.41, 5.74) is 1.78. The van der Waals surface area contributed by atoms with Gasteiger partial charge in [0.25, 0.3) is 0 Å². The van der Waals surface area contributed by atoms with E-state index in [-0.39, 0.29) is 5.41 Å². The highest BCUT2D eigenvalue weighted by Gasteiger charge is 2.56. The van der Waals surface area contributed by atoms with Gasteiger partial charge in [-0.25, -0.2) is 4.89 Å². The first-order valence-electron chi connectivity index (χ1n) is 6.61. The van der Waals surface area contributed by atoms with Gasteiger partial charge in [0.05, 0.1) is 0 Å². The molecule has 2 fully saturated rings. The lowest BCUT2D eigenvalue weighted by Gasteiger charge is -2.55. The molecule has 0 bridgehead atoms. The van der Waals surface area contributed by atoms with E-state index in [4.69, 9.17) is 4.89 Å². The van der Waals surface area contributed by atoms with Crippen molar-refractivity contribution in [2.24, 2.45) is 11.3 Å². The van der Waals surface area contributed by atoms with Crippen LogP contribution in [0.25, 0.3) is 0 Å². The van der Waals surface area contributed by atoms with Crippen LogP contribution < -0.4 is 0 Å². The number of fused-ring (bicyclic) bond motifs is 1. The maximum absolute atomic E-state index is 9.52. The van der Waals surface area contributed by atoms with Gasteiger partial charge in [-0.15, -0.1) is 0 Å². The minimum atomic E-state index is -0.535. The largest absolute Gasteiger partial charge is 0.251 e. The molecule has 1 N–H and O–H groups in total. The smallest absolute Gasteiger partial charge is 0.130 e. The van der Waals surface area contributed by atoms with Crippen molar-refractivity contribution in [3.63, 3.8) is 0 Å². The molecule has 2 aliphatic carbocycles. The molecule has 96 valence electrons. The summed E-state index contributed by atoms with van der Waals surface area (Å²) in [6, 6.07) is 0. The van der Waals surface area contributed by atoms with Crippen molar-refractivity contribution in [1.29, 1.82) is 0 Å². The summed E-state index contributed by atoms with van der Waals surface area (Å²) in [7, 11) is 0. The molecule has 0 aromatic heterocycles. The molecule has 0 saturated heterocycles. The van der Waals surface area contributed by atoms with E-state index in [1.165, 1.54) is 5.57 Å². The molecular weight excluding hydrogens is 212 g/mol. The highest BCUT2D eigenvalue weighted by molar-refractivity contribution is 5.26. The zero-order chi connectivity index (χ0) is 12.7. The molecule has 0 spiro atoms. The fourth-order valence-corrected chi connectivity index (χ4v) is 3.81. The van der Waals surface area contributed by atoms with Gasteiger partial charge in [-0.1, -0.05) is 25.7 Å². The Balaban J connectivity index is 2.35. The topological polar surface area (TPSA) is 29.5 Å². The van der Waals surface area contributed by atoms with Gasteiger partial charge in [0.2, 0.25) is 0 Å². The Hall–Kier alpha value is -0.600. The molecule has 0 radical (unpaired) electrons. The van der Waals surface area contributed by atoms with Crippen LogP contribution in [-0.2, 0) is 4.89 Å². The number of allylic oxidation sites excluding steroid dienone is 1. The lowest BCUT2D eigenvalue weighted by molar-refractivity contribution is -0.354. The molecule has 3 unspecified atom stereocenters. The zero-order valence-electron chi connectivity index (χ0n) is 11.1. The first-order valence-corrected chi connectivity index (χ1v) is 6.61. The minimum Gasteiger partial charge on any atom is -0.251 e. The van der Waals surface area contributed by atoms with Crippen LogP contribution in [-0.4, -0.2) is 10.9 Å². The number of hydrogen-bond donors (Lipinski definition) is 1. The van der Waals surface area contributed by atoms with Crippen LogP contribution >= 0.6 is 0 Å². The van der Waals surface area contributed by atoms with E-state index in [0.717, 1.165) is 44.1 Å².